The fraction of sp³-hybridized carbons (Fsp3) is 0.538. The molecule has 0 spiro atoms. The highest BCUT2D eigenvalue weighted by molar-refractivity contribution is 8.00. The molecule has 94 valence electrons. The summed E-state index contributed by atoms with van der Waals surface area (Å²) in [5.41, 5.74) is 0.364. The molecule has 0 aromatic heterocycles. The van der Waals surface area contributed by atoms with Crippen LogP contribution < -0.4 is 4.74 Å². The van der Waals surface area contributed by atoms with E-state index < -0.39 is 11.9 Å². The molecule has 1 saturated heterocycles. The lowest BCUT2D eigenvalue weighted by molar-refractivity contribution is 0.131. The Morgan fingerprint density at radius 3 is 2.82 bits per heavy atom. The second-order valence-electron chi connectivity index (χ2n) is 4.55. The average molecular weight is 256 g/mol. The first-order valence-corrected chi connectivity index (χ1v) is 6.71. The first kappa shape index (κ1) is 12.7. The van der Waals surface area contributed by atoms with E-state index in [1.54, 1.807) is 23.9 Å². The number of hydrogen-bond acceptors (Lipinski definition) is 3. The van der Waals surface area contributed by atoms with Gasteiger partial charge in [-0.15, -0.1) is 0 Å². The first-order chi connectivity index (χ1) is 8.07. The van der Waals surface area contributed by atoms with Gasteiger partial charge in [-0.3, -0.25) is 0 Å². The number of aliphatic hydroxyl groups is 1. The fourth-order valence-corrected chi connectivity index (χ4v) is 3.53. The van der Waals surface area contributed by atoms with Crippen LogP contribution >= 0.6 is 11.8 Å². The van der Waals surface area contributed by atoms with E-state index in [1.165, 1.54) is 13.2 Å². The SMILES string of the molecule is COc1ccc(C(O)C2(C)CCCS2)c(F)c1. The van der Waals surface area contributed by atoms with E-state index in [-0.39, 0.29) is 4.75 Å². The van der Waals surface area contributed by atoms with Crippen LogP contribution in [0.5, 0.6) is 5.75 Å². The van der Waals surface area contributed by atoms with E-state index in [0.29, 0.717) is 11.3 Å². The minimum Gasteiger partial charge on any atom is -0.497 e. The number of thioether (sulfide) groups is 1. The zero-order chi connectivity index (χ0) is 12.5. The Balaban J connectivity index is 2.27. The van der Waals surface area contributed by atoms with Gasteiger partial charge in [0.2, 0.25) is 0 Å². The van der Waals surface area contributed by atoms with Crippen molar-refractivity contribution in [2.45, 2.75) is 30.6 Å². The predicted octanol–water partition coefficient (Wildman–Crippen LogP) is 3.15. The van der Waals surface area contributed by atoms with Gasteiger partial charge in [0.15, 0.2) is 0 Å². The minimum absolute atomic E-state index is 0.268. The molecule has 0 aliphatic carbocycles. The molecule has 2 rings (SSSR count). The van der Waals surface area contributed by atoms with E-state index in [1.807, 2.05) is 6.92 Å². The van der Waals surface area contributed by atoms with Crippen LogP contribution in [0.3, 0.4) is 0 Å². The summed E-state index contributed by atoms with van der Waals surface area (Å²) < 4.78 is 18.5. The summed E-state index contributed by atoms with van der Waals surface area (Å²) in [4.78, 5) is 0. The highest BCUT2D eigenvalue weighted by Crippen LogP contribution is 2.47. The van der Waals surface area contributed by atoms with Crippen LogP contribution in [-0.4, -0.2) is 22.7 Å². The number of rotatable bonds is 3. The Morgan fingerprint density at radius 2 is 2.29 bits per heavy atom. The maximum Gasteiger partial charge on any atom is 0.132 e. The maximum absolute atomic E-state index is 13.9. The van der Waals surface area contributed by atoms with Gasteiger partial charge in [0, 0.05) is 16.4 Å². The van der Waals surface area contributed by atoms with Crippen molar-refractivity contribution in [1.29, 1.82) is 0 Å². The van der Waals surface area contributed by atoms with Gasteiger partial charge in [0.1, 0.15) is 11.6 Å². The molecule has 1 heterocycles. The number of ether oxygens (including phenoxy) is 1. The fourth-order valence-electron chi connectivity index (χ4n) is 2.20. The summed E-state index contributed by atoms with van der Waals surface area (Å²) >= 11 is 1.72. The smallest absolute Gasteiger partial charge is 0.132 e. The number of benzene rings is 1. The molecule has 1 N–H and O–H groups in total. The normalized spacial score (nSPS) is 25.9. The Kier molecular flexibility index (Phi) is 3.64. The topological polar surface area (TPSA) is 29.5 Å². The highest BCUT2D eigenvalue weighted by atomic mass is 32.2. The summed E-state index contributed by atoms with van der Waals surface area (Å²) in [7, 11) is 1.50. The minimum atomic E-state index is -0.763. The molecule has 4 heteroatoms. The second-order valence-corrected chi connectivity index (χ2v) is 6.18. The molecule has 0 bridgehead atoms. The van der Waals surface area contributed by atoms with Crippen LogP contribution in [0.1, 0.15) is 31.4 Å². The van der Waals surface area contributed by atoms with Gasteiger partial charge in [-0.05, 0) is 37.7 Å². The van der Waals surface area contributed by atoms with Crippen LogP contribution in [-0.2, 0) is 0 Å². The van der Waals surface area contributed by atoms with Crippen molar-refractivity contribution in [2.75, 3.05) is 12.9 Å². The van der Waals surface area contributed by atoms with Crippen LogP contribution in [0.4, 0.5) is 4.39 Å². The van der Waals surface area contributed by atoms with Crippen LogP contribution in [0.25, 0.3) is 0 Å². The van der Waals surface area contributed by atoms with Gasteiger partial charge in [-0.2, -0.15) is 11.8 Å². The van der Waals surface area contributed by atoms with Crippen molar-refractivity contribution in [3.63, 3.8) is 0 Å². The molecule has 2 nitrogen and oxygen atoms in total. The third-order valence-electron chi connectivity index (χ3n) is 3.33. The van der Waals surface area contributed by atoms with E-state index in [2.05, 4.69) is 0 Å². The number of methoxy groups -OCH3 is 1. The van der Waals surface area contributed by atoms with Crippen LogP contribution in [0.2, 0.25) is 0 Å². The zero-order valence-electron chi connectivity index (χ0n) is 10.1. The molecule has 1 aromatic rings. The van der Waals surface area contributed by atoms with Crippen LogP contribution in [0.15, 0.2) is 18.2 Å². The Bertz CT molecular complexity index is 402. The predicted molar refractivity (Wildman–Crippen MR) is 68.0 cm³/mol. The molecule has 17 heavy (non-hydrogen) atoms. The molecule has 0 radical (unpaired) electrons. The largest absolute Gasteiger partial charge is 0.497 e. The van der Waals surface area contributed by atoms with Gasteiger partial charge < -0.3 is 9.84 Å². The summed E-state index contributed by atoms with van der Waals surface area (Å²) in [5, 5.41) is 10.3. The first-order valence-electron chi connectivity index (χ1n) is 5.72. The lowest BCUT2D eigenvalue weighted by Crippen LogP contribution is -2.27. The molecule has 0 amide bonds. The molecule has 1 aliphatic heterocycles. The molecule has 2 unspecified atom stereocenters. The number of aliphatic hydroxyl groups excluding tert-OH is 1. The summed E-state index contributed by atoms with van der Waals surface area (Å²) in [6, 6.07) is 4.62. The molecular weight excluding hydrogens is 239 g/mol. The summed E-state index contributed by atoms with van der Waals surface area (Å²) in [6.45, 7) is 2.00. The average Bonchev–Trinajstić information content (AvgIpc) is 2.76. The second kappa shape index (κ2) is 4.86. The van der Waals surface area contributed by atoms with Crippen molar-refractivity contribution < 1.29 is 14.2 Å². The molecule has 1 aliphatic rings. The van der Waals surface area contributed by atoms with Gasteiger partial charge in [0.25, 0.3) is 0 Å². The molecular formula is C13H17FO2S. The van der Waals surface area contributed by atoms with Gasteiger partial charge in [-0.1, -0.05) is 0 Å². The van der Waals surface area contributed by atoms with E-state index in [4.69, 9.17) is 4.74 Å². The molecule has 0 saturated carbocycles. The van der Waals surface area contributed by atoms with Crippen molar-refractivity contribution >= 4 is 11.8 Å². The van der Waals surface area contributed by atoms with Crippen molar-refractivity contribution in [3.8, 4) is 5.75 Å². The summed E-state index contributed by atoms with van der Waals surface area (Å²) in [5.74, 6) is 1.11. The van der Waals surface area contributed by atoms with Crippen molar-refractivity contribution in [2.24, 2.45) is 0 Å². The Labute approximate surface area is 105 Å². The molecule has 1 fully saturated rings. The van der Waals surface area contributed by atoms with Gasteiger partial charge in [-0.25, -0.2) is 4.39 Å². The lowest BCUT2D eigenvalue weighted by Gasteiger charge is -2.29. The third-order valence-corrected chi connectivity index (χ3v) is 4.91. The maximum atomic E-state index is 13.9. The highest BCUT2D eigenvalue weighted by Gasteiger charge is 2.38. The van der Waals surface area contributed by atoms with E-state index in [0.717, 1.165) is 18.6 Å². The monoisotopic (exact) mass is 256 g/mol. The van der Waals surface area contributed by atoms with Gasteiger partial charge >= 0.3 is 0 Å². The molecule has 1 aromatic carbocycles. The molecule has 2 atom stereocenters. The summed E-state index contributed by atoms with van der Waals surface area (Å²) in [6.07, 6.45) is 1.24. The number of halogens is 1. The zero-order valence-corrected chi connectivity index (χ0v) is 10.9. The van der Waals surface area contributed by atoms with E-state index in [9.17, 15) is 9.50 Å². The standard InChI is InChI=1S/C13H17FO2S/c1-13(6-3-7-17-13)12(15)10-5-4-9(16-2)8-11(10)14/h4-5,8,12,15H,3,6-7H2,1-2H3. The van der Waals surface area contributed by atoms with Gasteiger partial charge in [0.05, 0.1) is 13.2 Å². The lowest BCUT2D eigenvalue weighted by atomic mass is 9.92. The number of hydrogen-bond donors (Lipinski definition) is 1. The van der Waals surface area contributed by atoms with Crippen molar-refractivity contribution in [1.82, 2.24) is 0 Å². The van der Waals surface area contributed by atoms with Crippen LogP contribution in [0, 0.1) is 5.82 Å². The Morgan fingerprint density at radius 1 is 1.53 bits per heavy atom. The quantitative estimate of drug-likeness (QED) is 0.901. The van der Waals surface area contributed by atoms with E-state index >= 15 is 0 Å². The van der Waals surface area contributed by atoms with Crippen molar-refractivity contribution in [3.05, 3.63) is 29.6 Å². The Hall–Kier alpha value is -0.740. The third kappa shape index (κ3) is 2.43.